The Morgan fingerprint density at radius 2 is 1.87 bits per heavy atom. The van der Waals surface area contributed by atoms with E-state index in [1.807, 2.05) is 30.3 Å². The Labute approximate surface area is 137 Å². The van der Waals surface area contributed by atoms with Crippen LogP contribution in [0.5, 0.6) is 0 Å². The summed E-state index contributed by atoms with van der Waals surface area (Å²) in [5.41, 5.74) is -0.0695. The second-order valence-electron chi connectivity index (χ2n) is 6.04. The first-order chi connectivity index (χ1) is 11.1. The predicted octanol–water partition coefficient (Wildman–Crippen LogP) is 2.45. The first kappa shape index (κ1) is 17.5. The minimum absolute atomic E-state index is 0.0480. The summed E-state index contributed by atoms with van der Waals surface area (Å²) in [7, 11) is 0. The van der Waals surface area contributed by atoms with Crippen LogP contribution in [0.25, 0.3) is 0 Å². The van der Waals surface area contributed by atoms with Gasteiger partial charge in [-0.3, -0.25) is 9.59 Å². The lowest BCUT2D eigenvalue weighted by Gasteiger charge is -2.39. The van der Waals surface area contributed by atoms with E-state index >= 15 is 0 Å². The Morgan fingerprint density at radius 1 is 1.22 bits per heavy atom. The van der Waals surface area contributed by atoms with Crippen molar-refractivity contribution in [2.75, 3.05) is 26.3 Å². The predicted molar refractivity (Wildman–Crippen MR) is 87.3 cm³/mol. The molecule has 5 heteroatoms. The summed E-state index contributed by atoms with van der Waals surface area (Å²) >= 11 is 0. The van der Waals surface area contributed by atoms with Crippen LogP contribution in [0, 0.1) is 0 Å². The van der Waals surface area contributed by atoms with Crippen molar-refractivity contribution in [3.05, 3.63) is 35.9 Å². The maximum Gasteiger partial charge on any atom is 0.314 e. The highest BCUT2D eigenvalue weighted by molar-refractivity contribution is 5.83. The van der Waals surface area contributed by atoms with E-state index in [9.17, 15) is 14.7 Å². The summed E-state index contributed by atoms with van der Waals surface area (Å²) in [6.07, 6.45) is 2.86. The average Bonchev–Trinajstić information content (AvgIpc) is 2.59. The fourth-order valence-corrected chi connectivity index (χ4v) is 3.02. The number of nitrogens with zero attached hydrogens (tertiary/aromatic N) is 1. The Kier molecular flexibility index (Phi) is 6.16. The molecule has 126 valence electrons. The number of likely N-dealkylation sites (tertiary alicyclic amines) is 1. The molecule has 0 aliphatic carbocycles. The van der Waals surface area contributed by atoms with Crippen LogP contribution >= 0.6 is 0 Å². The molecule has 0 bridgehead atoms. The Bertz CT molecular complexity index is 521. The van der Waals surface area contributed by atoms with Gasteiger partial charge in [-0.2, -0.15) is 0 Å². The van der Waals surface area contributed by atoms with Gasteiger partial charge >= 0.3 is 5.97 Å². The molecule has 0 aromatic heterocycles. The molecule has 0 atom stereocenters. The molecular weight excluding hydrogens is 294 g/mol. The normalized spacial score (nSPS) is 17.0. The molecule has 5 nitrogen and oxygen atoms in total. The zero-order valence-corrected chi connectivity index (χ0v) is 13.7. The van der Waals surface area contributed by atoms with E-state index in [1.54, 1.807) is 4.90 Å². The number of benzene rings is 1. The van der Waals surface area contributed by atoms with Crippen LogP contribution in [0.2, 0.25) is 0 Å². The number of carbonyl (C=O) groups is 2. The second kappa shape index (κ2) is 8.11. The largest absolute Gasteiger partial charge is 0.481 e. The van der Waals surface area contributed by atoms with Crippen molar-refractivity contribution in [2.45, 2.75) is 38.0 Å². The van der Waals surface area contributed by atoms with Crippen molar-refractivity contribution in [1.82, 2.24) is 4.90 Å². The third-order valence-electron chi connectivity index (χ3n) is 4.57. The molecule has 1 amide bonds. The molecule has 1 N–H and O–H groups in total. The molecule has 0 saturated carbocycles. The number of hydrogen-bond acceptors (Lipinski definition) is 3. The molecule has 1 saturated heterocycles. The smallest absolute Gasteiger partial charge is 0.314 e. The van der Waals surface area contributed by atoms with Crippen LogP contribution in [-0.4, -0.2) is 48.2 Å². The number of rotatable bonds is 7. The maximum atomic E-state index is 12.1. The lowest BCUT2D eigenvalue weighted by atomic mass is 9.73. The lowest BCUT2D eigenvalue weighted by molar-refractivity contribution is -0.149. The van der Waals surface area contributed by atoms with Crippen molar-refractivity contribution >= 4 is 11.9 Å². The highest BCUT2D eigenvalue weighted by Crippen LogP contribution is 2.35. The van der Waals surface area contributed by atoms with Gasteiger partial charge in [-0.15, -0.1) is 0 Å². The van der Waals surface area contributed by atoms with Crippen LogP contribution in [0.15, 0.2) is 30.3 Å². The van der Waals surface area contributed by atoms with Gasteiger partial charge in [0, 0.05) is 19.7 Å². The number of carbonyl (C=O) groups excluding carboxylic acids is 1. The van der Waals surface area contributed by atoms with Gasteiger partial charge in [0.15, 0.2) is 0 Å². The molecule has 2 rings (SSSR count). The number of carboxylic acids is 1. The number of unbranched alkanes of at least 4 members (excludes halogenated alkanes) is 1. The number of piperidine rings is 1. The number of amides is 1. The van der Waals surface area contributed by atoms with Gasteiger partial charge in [0.05, 0.1) is 5.41 Å². The van der Waals surface area contributed by atoms with Gasteiger partial charge in [0.2, 0.25) is 5.91 Å². The topological polar surface area (TPSA) is 66.8 Å². The molecule has 1 aliphatic heterocycles. The number of hydrogen-bond donors (Lipinski definition) is 1. The first-order valence-corrected chi connectivity index (χ1v) is 8.24. The molecule has 23 heavy (non-hydrogen) atoms. The summed E-state index contributed by atoms with van der Waals surface area (Å²) in [6, 6.07) is 9.32. The highest BCUT2D eigenvalue weighted by atomic mass is 16.5. The van der Waals surface area contributed by atoms with Crippen LogP contribution in [0.4, 0.5) is 0 Å². The monoisotopic (exact) mass is 319 g/mol. The van der Waals surface area contributed by atoms with Gasteiger partial charge < -0.3 is 14.7 Å². The van der Waals surface area contributed by atoms with E-state index in [1.165, 1.54) is 0 Å². The third-order valence-corrected chi connectivity index (χ3v) is 4.57. The number of carboxylic acid groups (broad SMARTS) is 1. The number of ether oxygens (including phenoxy) is 1. The summed E-state index contributed by atoms with van der Waals surface area (Å²) < 4.78 is 5.37. The fourth-order valence-electron chi connectivity index (χ4n) is 3.02. The average molecular weight is 319 g/mol. The van der Waals surface area contributed by atoms with E-state index in [4.69, 9.17) is 4.74 Å². The van der Waals surface area contributed by atoms with E-state index in [0.29, 0.717) is 32.5 Å². The summed E-state index contributed by atoms with van der Waals surface area (Å²) in [6.45, 7) is 3.67. The quantitative estimate of drug-likeness (QED) is 0.784. The van der Waals surface area contributed by atoms with E-state index in [0.717, 1.165) is 18.4 Å². The zero-order chi connectivity index (χ0) is 16.7. The standard InChI is InChI=1S/C18H25NO4/c1-2-3-13-23-14-16(20)19-11-9-18(10-12-19,17(21)22)15-7-5-4-6-8-15/h4-8H,2-3,9-14H2,1H3,(H,21,22). The molecule has 1 aromatic carbocycles. The van der Waals surface area contributed by atoms with Crippen molar-refractivity contribution in [3.63, 3.8) is 0 Å². The van der Waals surface area contributed by atoms with Crippen molar-refractivity contribution in [1.29, 1.82) is 0 Å². The molecule has 1 heterocycles. The first-order valence-electron chi connectivity index (χ1n) is 8.24. The van der Waals surface area contributed by atoms with Gasteiger partial charge in [0.1, 0.15) is 6.61 Å². The summed E-state index contributed by atoms with van der Waals surface area (Å²) in [4.78, 5) is 25.7. The van der Waals surface area contributed by atoms with E-state index in [-0.39, 0.29) is 12.5 Å². The molecule has 0 radical (unpaired) electrons. The van der Waals surface area contributed by atoms with Gasteiger partial charge in [-0.25, -0.2) is 0 Å². The zero-order valence-electron chi connectivity index (χ0n) is 13.7. The highest BCUT2D eigenvalue weighted by Gasteiger charge is 2.43. The molecule has 1 aliphatic rings. The third kappa shape index (κ3) is 4.10. The summed E-state index contributed by atoms with van der Waals surface area (Å²) in [5.74, 6) is -0.858. The fraction of sp³-hybridized carbons (Fsp3) is 0.556. The molecule has 1 aromatic rings. The van der Waals surface area contributed by atoms with Crippen molar-refractivity contribution < 1.29 is 19.4 Å². The summed E-state index contributed by atoms with van der Waals surface area (Å²) in [5, 5.41) is 9.74. The van der Waals surface area contributed by atoms with Crippen LogP contribution in [-0.2, 0) is 19.7 Å². The van der Waals surface area contributed by atoms with Crippen LogP contribution in [0.1, 0.15) is 38.2 Å². The van der Waals surface area contributed by atoms with Crippen LogP contribution < -0.4 is 0 Å². The lowest BCUT2D eigenvalue weighted by Crippen LogP contribution is -2.49. The molecule has 0 spiro atoms. The van der Waals surface area contributed by atoms with Gasteiger partial charge in [0.25, 0.3) is 0 Å². The molecular formula is C18H25NO4. The molecule has 1 fully saturated rings. The van der Waals surface area contributed by atoms with Crippen molar-refractivity contribution in [3.8, 4) is 0 Å². The Morgan fingerprint density at radius 3 is 2.43 bits per heavy atom. The van der Waals surface area contributed by atoms with Gasteiger partial charge in [-0.05, 0) is 24.8 Å². The maximum absolute atomic E-state index is 12.1. The van der Waals surface area contributed by atoms with Gasteiger partial charge in [-0.1, -0.05) is 43.7 Å². The van der Waals surface area contributed by atoms with E-state index < -0.39 is 11.4 Å². The molecule has 0 unspecified atom stereocenters. The van der Waals surface area contributed by atoms with Crippen LogP contribution in [0.3, 0.4) is 0 Å². The number of aliphatic carboxylic acids is 1. The van der Waals surface area contributed by atoms with Crippen molar-refractivity contribution in [2.24, 2.45) is 0 Å². The minimum atomic E-state index is -0.888. The van der Waals surface area contributed by atoms with E-state index in [2.05, 4.69) is 6.92 Å². The minimum Gasteiger partial charge on any atom is -0.481 e. The Balaban J connectivity index is 1.95. The SMILES string of the molecule is CCCCOCC(=O)N1CCC(C(=O)O)(c2ccccc2)CC1. The second-order valence-corrected chi connectivity index (χ2v) is 6.04. The Hall–Kier alpha value is -1.88.